The van der Waals surface area contributed by atoms with Crippen LogP contribution >= 0.6 is 0 Å². The Balaban J connectivity index is 2.03. The predicted octanol–water partition coefficient (Wildman–Crippen LogP) is 3.08. The van der Waals surface area contributed by atoms with E-state index in [4.69, 9.17) is 4.74 Å². The average Bonchev–Trinajstić information content (AvgIpc) is 3.01. The number of carbonyl (C=O) groups is 1. The summed E-state index contributed by atoms with van der Waals surface area (Å²) in [4.78, 5) is 11.9. The summed E-state index contributed by atoms with van der Waals surface area (Å²) in [5.74, 6) is -0.281. The maximum atomic E-state index is 13.0. The van der Waals surface area contributed by atoms with Gasteiger partial charge < -0.3 is 4.74 Å². The van der Waals surface area contributed by atoms with Crippen LogP contribution in [0.4, 0.5) is 5.82 Å². The first-order chi connectivity index (χ1) is 12.8. The molecule has 27 heavy (non-hydrogen) atoms. The third-order valence-corrected chi connectivity index (χ3v) is 5.55. The molecule has 0 saturated carbocycles. The van der Waals surface area contributed by atoms with Gasteiger partial charge in [0.1, 0.15) is 5.82 Å². The van der Waals surface area contributed by atoms with E-state index in [1.165, 1.54) is 30.0 Å². The minimum absolute atomic E-state index is 0.00358. The van der Waals surface area contributed by atoms with Gasteiger partial charge >= 0.3 is 5.97 Å². The average molecular weight is 385 g/mol. The number of hydrogen-bond acceptors (Lipinski definition) is 5. The Morgan fingerprint density at radius 1 is 1.07 bits per heavy atom. The molecule has 0 bridgehead atoms. The molecule has 0 aliphatic heterocycles. The summed E-state index contributed by atoms with van der Waals surface area (Å²) in [5.41, 5.74) is 1.91. The van der Waals surface area contributed by atoms with E-state index in [2.05, 4.69) is 9.82 Å². The van der Waals surface area contributed by atoms with Crippen molar-refractivity contribution in [1.29, 1.82) is 0 Å². The first-order valence-corrected chi connectivity index (χ1v) is 9.64. The lowest BCUT2D eigenvalue weighted by molar-refractivity contribution is 0.0599. The molecule has 0 unspecified atom stereocenters. The lowest BCUT2D eigenvalue weighted by Gasteiger charge is -2.13. The molecular weight excluding hydrogens is 366 g/mol. The summed E-state index contributed by atoms with van der Waals surface area (Å²) in [5, 5.41) is 4.36. The van der Waals surface area contributed by atoms with Crippen LogP contribution in [0.15, 0.2) is 59.5 Å². The van der Waals surface area contributed by atoms with Crippen LogP contribution in [0.2, 0.25) is 0 Å². The van der Waals surface area contributed by atoms with Crippen molar-refractivity contribution in [3.8, 4) is 5.69 Å². The Hall–Kier alpha value is -3.13. The molecule has 0 saturated heterocycles. The molecule has 0 amide bonds. The van der Waals surface area contributed by atoms with Gasteiger partial charge in [-0.3, -0.25) is 4.72 Å². The molecule has 140 valence electrons. The van der Waals surface area contributed by atoms with Crippen LogP contribution in [-0.2, 0) is 14.8 Å². The molecule has 0 atom stereocenters. The summed E-state index contributed by atoms with van der Waals surface area (Å²) >= 11 is 0. The highest BCUT2D eigenvalue weighted by molar-refractivity contribution is 7.92. The van der Waals surface area contributed by atoms with Crippen molar-refractivity contribution in [3.05, 3.63) is 71.4 Å². The minimum atomic E-state index is -3.94. The number of sulfonamides is 1. The van der Waals surface area contributed by atoms with Gasteiger partial charge in [-0.25, -0.2) is 17.9 Å². The monoisotopic (exact) mass is 385 g/mol. The van der Waals surface area contributed by atoms with Crippen LogP contribution in [0.5, 0.6) is 0 Å². The second kappa shape index (κ2) is 7.24. The first-order valence-electron chi connectivity index (χ1n) is 8.16. The molecule has 1 heterocycles. The molecule has 3 aromatic rings. The number of anilines is 1. The van der Waals surface area contributed by atoms with E-state index in [1.807, 2.05) is 30.3 Å². The van der Waals surface area contributed by atoms with Gasteiger partial charge in [-0.05, 0) is 43.7 Å². The fraction of sp³-hybridized carbons (Fsp3) is 0.158. The zero-order valence-electron chi connectivity index (χ0n) is 15.1. The number of benzene rings is 2. The number of esters is 1. The Kier molecular flexibility index (Phi) is 5.00. The number of rotatable bonds is 5. The molecule has 0 aliphatic carbocycles. The van der Waals surface area contributed by atoms with Crippen molar-refractivity contribution < 1.29 is 17.9 Å². The van der Waals surface area contributed by atoms with Crippen molar-refractivity contribution in [1.82, 2.24) is 9.78 Å². The fourth-order valence-corrected chi connectivity index (χ4v) is 4.07. The zero-order valence-corrected chi connectivity index (χ0v) is 15.9. The first kappa shape index (κ1) is 18.7. The molecule has 8 heteroatoms. The summed E-state index contributed by atoms with van der Waals surface area (Å²) in [7, 11) is -2.69. The maximum Gasteiger partial charge on any atom is 0.338 e. The minimum Gasteiger partial charge on any atom is -0.465 e. The normalized spacial score (nSPS) is 11.2. The van der Waals surface area contributed by atoms with Gasteiger partial charge in [-0.15, -0.1) is 0 Å². The molecule has 0 aliphatic rings. The summed E-state index contributed by atoms with van der Waals surface area (Å²) in [6.45, 7) is 3.35. The van der Waals surface area contributed by atoms with Crippen molar-refractivity contribution in [2.75, 3.05) is 11.8 Å². The molecule has 0 radical (unpaired) electrons. The van der Waals surface area contributed by atoms with E-state index < -0.39 is 16.0 Å². The molecule has 1 aromatic heterocycles. The van der Waals surface area contributed by atoms with Gasteiger partial charge in [0.05, 0.1) is 29.0 Å². The Morgan fingerprint density at radius 2 is 1.78 bits per heavy atom. The van der Waals surface area contributed by atoms with Gasteiger partial charge in [0, 0.05) is 6.07 Å². The van der Waals surface area contributed by atoms with Gasteiger partial charge in [0.25, 0.3) is 10.0 Å². The summed E-state index contributed by atoms with van der Waals surface area (Å²) in [6, 6.07) is 15.3. The van der Waals surface area contributed by atoms with Crippen LogP contribution < -0.4 is 4.72 Å². The van der Waals surface area contributed by atoms with Gasteiger partial charge in [-0.2, -0.15) is 5.10 Å². The Labute approximate surface area is 157 Å². The third-order valence-electron chi connectivity index (χ3n) is 4.05. The van der Waals surface area contributed by atoms with E-state index in [9.17, 15) is 13.2 Å². The van der Waals surface area contributed by atoms with E-state index >= 15 is 0 Å². The lowest BCUT2D eigenvalue weighted by Crippen LogP contribution is -2.18. The zero-order chi connectivity index (χ0) is 19.6. The fourth-order valence-electron chi connectivity index (χ4n) is 2.77. The molecular formula is C19H19N3O4S. The second-order valence-corrected chi connectivity index (χ2v) is 7.59. The van der Waals surface area contributed by atoms with Crippen molar-refractivity contribution >= 4 is 21.8 Å². The number of carbonyl (C=O) groups excluding carboxylic acids is 1. The maximum absolute atomic E-state index is 13.0. The highest BCUT2D eigenvalue weighted by Crippen LogP contribution is 2.24. The topological polar surface area (TPSA) is 90.3 Å². The Bertz CT molecular complexity index is 1090. The number of hydrogen-bond donors (Lipinski definition) is 1. The highest BCUT2D eigenvalue weighted by atomic mass is 32.2. The SMILES string of the molecule is COC(=O)c1cccc(S(=O)(=O)Nc2cc(C)nn2-c2ccccc2)c1C. The number of para-hydroxylation sites is 1. The summed E-state index contributed by atoms with van der Waals surface area (Å²) < 4.78 is 34.8. The quantitative estimate of drug-likeness (QED) is 0.682. The molecule has 7 nitrogen and oxygen atoms in total. The number of ether oxygens (including phenoxy) is 1. The smallest absolute Gasteiger partial charge is 0.338 e. The van der Waals surface area contributed by atoms with Crippen LogP contribution in [0.3, 0.4) is 0 Å². The van der Waals surface area contributed by atoms with Crippen molar-refractivity contribution in [3.63, 3.8) is 0 Å². The number of aryl methyl sites for hydroxylation is 1. The predicted molar refractivity (Wildman–Crippen MR) is 102 cm³/mol. The third kappa shape index (κ3) is 3.70. The van der Waals surface area contributed by atoms with Gasteiger partial charge in [-0.1, -0.05) is 24.3 Å². The summed E-state index contributed by atoms with van der Waals surface area (Å²) in [6.07, 6.45) is 0. The molecule has 3 rings (SSSR count). The van der Waals surface area contributed by atoms with Crippen LogP contribution in [-0.4, -0.2) is 31.3 Å². The Morgan fingerprint density at radius 3 is 2.44 bits per heavy atom. The van der Waals surface area contributed by atoms with Gasteiger partial charge in [0.2, 0.25) is 0 Å². The molecule has 0 spiro atoms. The van der Waals surface area contributed by atoms with Crippen LogP contribution in [0, 0.1) is 13.8 Å². The van der Waals surface area contributed by atoms with E-state index in [0.29, 0.717) is 17.1 Å². The van der Waals surface area contributed by atoms with Crippen LogP contribution in [0.1, 0.15) is 21.6 Å². The van der Waals surface area contributed by atoms with E-state index in [0.717, 1.165) is 5.69 Å². The largest absolute Gasteiger partial charge is 0.465 e. The number of aromatic nitrogens is 2. The van der Waals surface area contributed by atoms with Gasteiger partial charge in [0.15, 0.2) is 0 Å². The number of nitrogens with one attached hydrogen (secondary N) is 1. The number of nitrogens with zero attached hydrogens (tertiary/aromatic N) is 2. The molecule has 0 fully saturated rings. The molecule has 2 aromatic carbocycles. The highest BCUT2D eigenvalue weighted by Gasteiger charge is 2.23. The van der Waals surface area contributed by atoms with E-state index in [1.54, 1.807) is 19.9 Å². The van der Waals surface area contributed by atoms with Crippen molar-refractivity contribution in [2.45, 2.75) is 18.7 Å². The number of methoxy groups -OCH3 is 1. The standard InChI is InChI=1S/C19H19N3O4S/c1-13-12-18(22(20-13)15-8-5-4-6-9-15)21-27(24,25)17-11-7-10-16(14(17)2)19(23)26-3/h4-12,21H,1-3H3. The lowest BCUT2D eigenvalue weighted by atomic mass is 10.1. The second-order valence-electron chi connectivity index (χ2n) is 5.94. The molecule has 1 N–H and O–H groups in total. The van der Waals surface area contributed by atoms with Crippen LogP contribution in [0.25, 0.3) is 5.69 Å². The van der Waals surface area contributed by atoms with Crippen molar-refractivity contribution in [2.24, 2.45) is 0 Å². The van der Waals surface area contributed by atoms with E-state index in [-0.39, 0.29) is 10.5 Å².